The highest BCUT2D eigenvalue weighted by atomic mass is 35.5. The number of hydrogen-bond donors (Lipinski definition) is 0. The summed E-state index contributed by atoms with van der Waals surface area (Å²) in [7, 11) is 0. The lowest BCUT2D eigenvalue weighted by molar-refractivity contribution is -0.149. The molecule has 0 aliphatic heterocycles. The molecule has 1 aliphatic rings. The third kappa shape index (κ3) is 5.43. The van der Waals surface area contributed by atoms with Crippen LogP contribution in [0.3, 0.4) is 0 Å². The van der Waals surface area contributed by atoms with Gasteiger partial charge in [0.05, 0.1) is 12.5 Å². The second-order valence-corrected chi connectivity index (χ2v) is 6.11. The first-order valence-electron chi connectivity index (χ1n) is 7.85. The van der Waals surface area contributed by atoms with Crippen molar-refractivity contribution >= 4 is 23.5 Å². The van der Waals surface area contributed by atoms with Crippen LogP contribution in [0.2, 0.25) is 5.02 Å². The molecule has 0 N–H and O–H groups in total. The smallest absolute Gasteiger partial charge is 0.310 e. The van der Waals surface area contributed by atoms with Crippen LogP contribution in [0, 0.1) is 5.92 Å². The van der Waals surface area contributed by atoms with E-state index in [1.165, 1.54) is 0 Å². The van der Waals surface area contributed by atoms with Crippen LogP contribution >= 0.6 is 11.6 Å². The second-order valence-electron chi connectivity index (χ2n) is 5.67. The van der Waals surface area contributed by atoms with Gasteiger partial charge in [-0.25, -0.2) is 0 Å². The Labute approximate surface area is 141 Å². The minimum Gasteiger partial charge on any atom is -0.484 e. The lowest BCUT2D eigenvalue weighted by atomic mass is 10.1. The molecule has 1 saturated carbocycles. The van der Waals surface area contributed by atoms with Crippen molar-refractivity contribution in [2.75, 3.05) is 19.8 Å². The zero-order valence-corrected chi connectivity index (χ0v) is 14.2. The maximum absolute atomic E-state index is 12.4. The first-order chi connectivity index (χ1) is 11.0. The Kier molecular flexibility index (Phi) is 6.28. The minimum atomic E-state index is -0.338. The van der Waals surface area contributed by atoms with Crippen LogP contribution in [0.5, 0.6) is 5.75 Å². The number of hydrogen-bond acceptors (Lipinski definition) is 4. The number of ether oxygens (including phenoxy) is 2. The maximum atomic E-state index is 12.4. The summed E-state index contributed by atoms with van der Waals surface area (Å²) >= 11 is 5.81. The molecule has 0 radical (unpaired) electrons. The third-order valence-corrected chi connectivity index (χ3v) is 3.90. The summed E-state index contributed by atoms with van der Waals surface area (Å²) in [6, 6.07) is 7.08. The van der Waals surface area contributed by atoms with Gasteiger partial charge in [0.1, 0.15) is 5.75 Å². The summed E-state index contributed by atoms with van der Waals surface area (Å²) in [6.07, 6.45) is 1.95. The number of benzene rings is 1. The minimum absolute atomic E-state index is 0.0479. The Morgan fingerprint density at radius 1 is 1.30 bits per heavy atom. The molecule has 0 spiro atoms. The zero-order valence-electron chi connectivity index (χ0n) is 13.5. The van der Waals surface area contributed by atoms with E-state index >= 15 is 0 Å². The van der Waals surface area contributed by atoms with Gasteiger partial charge in [0.25, 0.3) is 5.91 Å². The molecule has 1 aliphatic carbocycles. The molecule has 0 heterocycles. The van der Waals surface area contributed by atoms with Crippen LogP contribution < -0.4 is 4.74 Å². The van der Waals surface area contributed by atoms with Gasteiger partial charge in [0, 0.05) is 17.6 Å². The monoisotopic (exact) mass is 339 g/mol. The molecule has 1 atom stereocenters. The Morgan fingerprint density at radius 2 is 1.96 bits per heavy atom. The largest absolute Gasteiger partial charge is 0.484 e. The van der Waals surface area contributed by atoms with Gasteiger partial charge in [-0.05, 0) is 44.0 Å². The van der Waals surface area contributed by atoms with Gasteiger partial charge in [-0.15, -0.1) is 0 Å². The number of halogens is 1. The summed E-state index contributed by atoms with van der Waals surface area (Å²) in [4.78, 5) is 25.9. The molecule has 0 saturated heterocycles. The average Bonchev–Trinajstić information content (AvgIpc) is 3.36. The molecule has 5 nitrogen and oxygen atoms in total. The topological polar surface area (TPSA) is 55.8 Å². The van der Waals surface area contributed by atoms with Gasteiger partial charge < -0.3 is 14.4 Å². The predicted octanol–water partition coefficient (Wildman–Crippen LogP) is 2.91. The number of carbonyl (C=O) groups is 2. The highest BCUT2D eigenvalue weighted by Gasteiger charge is 2.34. The Hall–Kier alpha value is -1.75. The van der Waals surface area contributed by atoms with Crippen molar-refractivity contribution in [1.82, 2.24) is 4.90 Å². The van der Waals surface area contributed by atoms with Crippen molar-refractivity contribution in [2.24, 2.45) is 5.92 Å². The molecule has 0 bridgehead atoms. The Bertz CT molecular complexity index is 542. The van der Waals surface area contributed by atoms with Gasteiger partial charge in [-0.2, -0.15) is 0 Å². The number of amides is 1. The van der Waals surface area contributed by atoms with Crippen LogP contribution in [0.1, 0.15) is 26.7 Å². The first-order valence-corrected chi connectivity index (χ1v) is 8.23. The van der Waals surface area contributed by atoms with E-state index in [0.29, 0.717) is 23.9 Å². The molecular weight excluding hydrogens is 318 g/mol. The quantitative estimate of drug-likeness (QED) is 0.683. The number of esters is 1. The molecule has 23 heavy (non-hydrogen) atoms. The summed E-state index contributed by atoms with van der Waals surface area (Å²) in [5.41, 5.74) is 0. The molecule has 1 aromatic rings. The molecule has 1 amide bonds. The molecule has 1 fully saturated rings. The van der Waals surface area contributed by atoms with E-state index in [9.17, 15) is 9.59 Å². The molecular formula is C17H22ClNO4. The summed E-state index contributed by atoms with van der Waals surface area (Å²) in [5.74, 6) is -0.130. The fourth-order valence-electron chi connectivity index (χ4n) is 2.25. The van der Waals surface area contributed by atoms with Gasteiger partial charge in [0.15, 0.2) is 6.61 Å². The summed E-state index contributed by atoms with van der Waals surface area (Å²) < 4.78 is 10.5. The van der Waals surface area contributed by atoms with Gasteiger partial charge in [-0.3, -0.25) is 9.59 Å². The highest BCUT2D eigenvalue weighted by Crippen LogP contribution is 2.28. The average molecular weight is 340 g/mol. The van der Waals surface area contributed by atoms with E-state index < -0.39 is 0 Å². The number of carbonyl (C=O) groups excluding carboxylic acids is 2. The van der Waals surface area contributed by atoms with E-state index in [1.54, 1.807) is 43.0 Å². The standard InChI is InChI=1S/C17H22ClNO4/c1-3-22-17(21)12(2)10-19(14-6-7-14)16(20)11-23-15-8-4-13(18)5-9-15/h4-5,8-9,12,14H,3,6-7,10-11H2,1-2H3. The normalized spacial score (nSPS) is 14.9. The van der Waals surface area contributed by atoms with E-state index in [2.05, 4.69) is 0 Å². The summed E-state index contributed by atoms with van der Waals surface area (Å²) in [6.45, 7) is 4.22. The second kappa shape index (κ2) is 8.20. The first kappa shape index (κ1) is 17.6. The fourth-order valence-corrected chi connectivity index (χ4v) is 2.38. The molecule has 1 unspecified atom stereocenters. The molecule has 2 rings (SSSR count). The van der Waals surface area contributed by atoms with E-state index in [4.69, 9.17) is 21.1 Å². The van der Waals surface area contributed by atoms with Crippen molar-refractivity contribution < 1.29 is 19.1 Å². The highest BCUT2D eigenvalue weighted by molar-refractivity contribution is 6.30. The van der Waals surface area contributed by atoms with Crippen LogP contribution in [-0.2, 0) is 14.3 Å². The van der Waals surface area contributed by atoms with Crippen LogP contribution in [-0.4, -0.2) is 42.6 Å². The molecule has 0 aromatic heterocycles. The van der Waals surface area contributed by atoms with Crippen LogP contribution in [0.4, 0.5) is 0 Å². The Balaban J connectivity index is 1.88. The van der Waals surface area contributed by atoms with Crippen molar-refractivity contribution in [3.8, 4) is 5.75 Å². The van der Waals surface area contributed by atoms with E-state index in [0.717, 1.165) is 12.8 Å². The van der Waals surface area contributed by atoms with Crippen molar-refractivity contribution in [1.29, 1.82) is 0 Å². The molecule has 6 heteroatoms. The van der Waals surface area contributed by atoms with Crippen molar-refractivity contribution in [3.63, 3.8) is 0 Å². The van der Waals surface area contributed by atoms with Crippen LogP contribution in [0.25, 0.3) is 0 Å². The van der Waals surface area contributed by atoms with Crippen LogP contribution in [0.15, 0.2) is 24.3 Å². The van der Waals surface area contributed by atoms with Gasteiger partial charge in [-0.1, -0.05) is 18.5 Å². The third-order valence-electron chi connectivity index (χ3n) is 3.64. The van der Waals surface area contributed by atoms with E-state index in [1.807, 2.05) is 0 Å². The number of rotatable bonds is 8. The molecule has 1 aromatic carbocycles. The Morgan fingerprint density at radius 3 is 2.52 bits per heavy atom. The number of nitrogens with zero attached hydrogens (tertiary/aromatic N) is 1. The lowest BCUT2D eigenvalue weighted by Gasteiger charge is -2.25. The molecule has 126 valence electrons. The van der Waals surface area contributed by atoms with Crippen molar-refractivity contribution in [2.45, 2.75) is 32.7 Å². The lowest BCUT2D eigenvalue weighted by Crippen LogP contribution is -2.41. The summed E-state index contributed by atoms with van der Waals surface area (Å²) in [5, 5.41) is 0.617. The zero-order chi connectivity index (χ0) is 16.8. The predicted molar refractivity (Wildman–Crippen MR) is 87.5 cm³/mol. The maximum Gasteiger partial charge on any atom is 0.310 e. The van der Waals surface area contributed by atoms with Gasteiger partial charge in [0.2, 0.25) is 0 Å². The van der Waals surface area contributed by atoms with E-state index in [-0.39, 0.29) is 30.4 Å². The SMILES string of the molecule is CCOC(=O)C(C)CN(C(=O)COc1ccc(Cl)cc1)C1CC1. The van der Waals surface area contributed by atoms with Crippen molar-refractivity contribution in [3.05, 3.63) is 29.3 Å². The fraction of sp³-hybridized carbons (Fsp3) is 0.529. The van der Waals surface area contributed by atoms with Gasteiger partial charge >= 0.3 is 5.97 Å².